The zero-order chi connectivity index (χ0) is 25.6. The Morgan fingerprint density at radius 2 is 0.946 bits per heavy atom. The van der Waals surface area contributed by atoms with Crippen LogP contribution in [0.5, 0.6) is 5.75 Å². The van der Waals surface area contributed by atoms with Crippen molar-refractivity contribution in [3.8, 4) is 5.75 Å². The normalized spacial score (nSPS) is 11.4. The predicted octanol–water partition coefficient (Wildman–Crippen LogP) is 8.18. The molecular weight excluding hydrogens is 454 g/mol. The minimum Gasteiger partial charge on any atom is -0.497 e. The van der Waals surface area contributed by atoms with E-state index in [4.69, 9.17) is 4.74 Å². The molecule has 5 rings (SSSR count). The second kappa shape index (κ2) is 10.9. The molecule has 0 spiro atoms. The van der Waals surface area contributed by atoms with Crippen molar-refractivity contribution < 1.29 is 4.74 Å². The molecule has 4 nitrogen and oxygen atoms in total. The van der Waals surface area contributed by atoms with Crippen LogP contribution in [0, 0.1) is 0 Å². The first-order valence-electron chi connectivity index (χ1n) is 12.3. The van der Waals surface area contributed by atoms with Crippen molar-refractivity contribution in [3.05, 3.63) is 132 Å². The lowest BCUT2D eigenvalue weighted by molar-refractivity contribution is 0.415. The Balaban J connectivity index is 1.43. The molecule has 2 aromatic heterocycles. The maximum atomic E-state index is 5.39. The third-order valence-electron chi connectivity index (χ3n) is 6.49. The molecule has 0 saturated heterocycles. The van der Waals surface area contributed by atoms with Crippen molar-refractivity contribution in [1.29, 1.82) is 0 Å². The molecular formula is C33H31N3O. The number of ether oxygens (including phenoxy) is 1. The standard InChI is InChI=1S/C33H31N3O/c1-34-24-4-6-28(34)14-8-26-10-16-30(17-11-26)36(32-20-22-33(37-3)23-21-32)31-18-12-27(13-19-31)9-15-29-7-5-25-35(29)2/h4-25H,1-3H3/b14-8+,15-9+. The Morgan fingerprint density at radius 1 is 0.541 bits per heavy atom. The molecule has 0 unspecified atom stereocenters. The fraction of sp³-hybridized carbons (Fsp3) is 0.0909. The molecule has 0 atom stereocenters. The predicted molar refractivity (Wildman–Crippen MR) is 156 cm³/mol. The van der Waals surface area contributed by atoms with E-state index in [2.05, 4.69) is 150 Å². The van der Waals surface area contributed by atoms with Gasteiger partial charge in [0.1, 0.15) is 5.75 Å². The van der Waals surface area contributed by atoms with E-state index in [0.717, 1.165) is 33.9 Å². The van der Waals surface area contributed by atoms with E-state index in [1.807, 2.05) is 12.1 Å². The van der Waals surface area contributed by atoms with Gasteiger partial charge in [0.2, 0.25) is 0 Å². The summed E-state index contributed by atoms with van der Waals surface area (Å²) in [5.41, 5.74) is 7.90. The lowest BCUT2D eigenvalue weighted by Crippen LogP contribution is -2.09. The minimum absolute atomic E-state index is 0.839. The number of aryl methyl sites for hydroxylation is 2. The van der Waals surface area contributed by atoms with Gasteiger partial charge in [-0.3, -0.25) is 0 Å². The number of methoxy groups -OCH3 is 1. The zero-order valence-electron chi connectivity index (χ0n) is 21.5. The van der Waals surface area contributed by atoms with Crippen LogP contribution in [-0.2, 0) is 14.1 Å². The molecule has 2 heterocycles. The molecule has 0 radical (unpaired) electrons. The fourth-order valence-corrected chi connectivity index (χ4v) is 4.31. The van der Waals surface area contributed by atoms with Gasteiger partial charge in [0.25, 0.3) is 0 Å². The quantitative estimate of drug-likeness (QED) is 0.221. The van der Waals surface area contributed by atoms with Crippen molar-refractivity contribution in [2.45, 2.75) is 0 Å². The van der Waals surface area contributed by atoms with Gasteiger partial charge >= 0.3 is 0 Å². The van der Waals surface area contributed by atoms with Gasteiger partial charge in [0, 0.05) is 54.9 Å². The Kier molecular flexibility index (Phi) is 7.09. The van der Waals surface area contributed by atoms with Gasteiger partial charge in [-0.05, 0) is 96.1 Å². The van der Waals surface area contributed by atoms with E-state index < -0.39 is 0 Å². The first-order valence-corrected chi connectivity index (χ1v) is 12.3. The van der Waals surface area contributed by atoms with Crippen molar-refractivity contribution >= 4 is 41.4 Å². The summed E-state index contributed by atoms with van der Waals surface area (Å²) in [7, 11) is 5.80. The van der Waals surface area contributed by atoms with E-state index >= 15 is 0 Å². The highest BCUT2D eigenvalue weighted by Gasteiger charge is 2.12. The van der Waals surface area contributed by atoms with Crippen LogP contribution in [0.15, 0.2) is 109 Å². The van der Waals surface area contributed by atoms with Crippen LogP contribution in [0.25, 0.3) is 24.3 Å². The minimum atomic E-state index is 0.839. The van der Waals surface area contributed by atoms with E-state index in [9.17, 15) is 0 Å². The van der Waals surface area contributed by atoms with Gasteiger partial charge < -0.3 is 18.8 Å². The highest BCUT2D eigenvalue weighted by Crippen LogP contribution is 2.35. The van der Waals surface area contributed by atoms with E-state index in [-0.39, 0.29) is 0 Å². The average molecular weight is 486 g/mol. The lowest BCUT2D eigenvalue weighted by atomic mass is 10.1. The van der Waals surface area contributed by atoms with Crippen molar-refractivity contribution in [3.63, 3.8) is 0 Å². The summed E-state index contributed by atoms with van der Waals surface area (Å²) in [6.07, 6.45) is 12.7. The molecule has 0 aliphatic heterocycles. The van der Waals surface area contributed by atoms with Crippen LogP contribution >= 0.6 is 0 Å². The summed E-state index contributed by atoms with van der Waals surface area (Å²) in [6, 6.07) is 33.8. The SMILES string of the molecule is COc1ccc(N(c2ccc(/C=C/c3cccn3C)cc2)c2ccc(/C=C/c3cccn3C)cc2)cc1. The Bertz CT molecular complexity index is 1410. The number of rotatable bonds is 8. The summed E-state index contributed by atoms with van der Waals surface area (Å²) < 4.78 is 9.60. The van der Waals surface area contributed by atoms with E-state index in [1.54, 1.807) is 7.11 Å². The smallest absolute Gasteiger partial charge is 0.119 e. The second-order valence-corrected chi connectivity index (χ2v) is 8.97. The van der Waals surface area contributed by atoms with Gasteiger partial charge in [-0.1, -0.05) is 36.4 Å². The number of benzene rings is 3. The Hall–Kier alpha value is -4.70. The summed E-state index contributed by atoms with van der Waals surface area (Å²) in [4.78, 5) is 2.26. The number of hydrogen-bond acceptors (Lipinski definition) is 2. The first kappa shape index (κ1) is 24.0. The molecule has 0 saturated carbocycles. The first-order chi connectivity index (χ1) is 18.1. The lowest BCUT2D eigenvalue weighted by Gasteiger charge is -2.26. The highest BCUT2D eigenvalue weighted by atomic mass is 16.5. The second-order valence-electron chi connectivity index (χ2n) is 8.97. The number of nitrogens with zero attached hydrogens (tertiary/aromatic N) is 3. The largest absolute Gasteiger partial charge is 0.497 e. The zero-order valence-corrected chi connectivity index (χ0v) is 21.5. The van der Waals surface area contributed by atoms with E-state index in [0.29, 0.717) is 0 Å². The molecule has 5 aromatic rings. The topological polar surface area (TPSA) is 22.3 Å². The van der Waals surface area contributed by atoms with Crippen LogP contribution in [0.1, 0.15) is 22.5 Å². The molecule has 3 aromatic carbocycles. The molecule has 0 aliphatic carbocycles. The van der Waals surface area contributed by atoms with Gasteiger partial charge in [0.15, 0.2) is 0 Å². The Morgan fingerprint density at radius 3 is 1.30 bits per heavy atom. The maximum Gasteiger partial charge on any atom is 0.119 e. The van der Waals surface area contributed by atoms with Gasteiger partial charge in [-0.15, -0.1) is 0 Å². The highest BCUT2D eigenvalue weighted by molar-refractivity contribution is 5.79. The molecule has 37 heavy (non-hydrogen) atoms. The van der Waals surface area contributed by atoms with Gasteiger partial charge in [-0.2, -0.15) is 0 Å². The summed E-state index contributed by atoms with van der Waals surface area (Å²) >= 11 is 0. The number of aromatic nitrogens is 2. The van der Waals surface area contributed by atoms with Gasteiger partial charge in [0.05, 0.1) is 7.11 Å². The maximum absolute atomic E-state index is 5.39. The van der Waals surface area contributed by atoms with Crippen LogP contribution in [0.4, 0.5) is 17.1 Å². The molecule has 0 N–H and O–H groups in total. The number of anilines is 3. The molecule has 0 aliphatic rings. The third kappa shape index (κ3) is 5.60. The summed E-state index contributed by atoms with van der Waals surface area (Å²) in [5, 5.41) is 0. The molecule has 4 heteroatoms. The summed E-state index contributed by atoms with van der Waals surface area (Å²) in [5.74, 6) is 0.839. The molecule has 0 fully saturated rings. The van der Waals surface area contributed by atoms with Crippen molar-refractivity contribution in [1.82, 2.24) is 9.13 Å². The van der Waals surface area contributed by atoms with Crippen LogP contribution in [0.3, 0.4) is 0 Å². The van der Waals surface area contributed by atoms with Crippen molar-refractivity contribution in [2.24, 2.45) is 14.1 Å². The van der Waals surface area contributed by atoms with E-state index in [1.165, 1.54) is 11.4 Å². The number of hydrogen-bond donors (Lipinski definition) is 0. The molecule has 0 bridgehead atoms. The third-order valence-corrected chi connectivity index (χ3v) is 6.49. The average Bonchev–Trinajstić information content (AvgIpc) is 3.55. The van der Waals surface area contributed by atoms with Crippen molar-refractivity contribution in [2.75, 3.05) is 12.0 Å². The fourth-order valence-electron chi connectivity index (χ4n) is 4.31. The van der Waals surface area contributed by atoms with Crippen LogP contribution in [-0.4, -0.2) is 16.2 Å². The Labute approximate surface area is 219 Å². The van der Waals surface area contributed by atoms with Crippen LogP contribution in [0.2, 0.25) is 0 Å². The van der Waals surface area contributed by atoms with Crippen LogP contribution < -0.4 is 9.64 Å². The monoisotopic (exact) mass is 485 g/mol. The molecule has 184 valence electrons. The summed E-state index contributed by atoms with van der Waals surface area (Å²) in [6.45, 7) is 0. The molecule has 0 amide bonds. The van der Waals surface area contributed by atoms with Gasteiger partial charge in [-0.25, -0.2) is 0 Å².